The summed E-state index contributed by atoms with van der Waals surface area (Å²) in [7, 11) is 0. The highest BCUT2D eigenvalue weighted by Crippen LogP contribution is 2.34. The van der Waals surface area contributed by atoms with Gasteiger partial charge in [0.1, 0.15) is 0 Å². The largest absolute Gasteiger partial charge is 0.254 e. The molecule has 3 aromatic heterocycles. The van der Waals surface area contributed by atoms with E-state index in [2.05, 4.69) is 108 Å². The van der Waals surface area contributed by atoms with Gasteiger partial charge in [-0.15, -0.1) is 0 Å². The Balaban J connectivity index is 1.27. The van der Waals surface area contributed by atoms with Crippen molar-refractivity contribution in [3.8, 4) is 44.9 Å². The smallest absolute Gasteiger partial charge is 0.0973 e. The molecule has 0 unspecified atom stereocenters. The molecule has 0 radical (unpaired) electrons. The lowest BCUT2D eigenvalue weighted by Gasteiger charge is -2.13. The number of para-hydroxylation sites is 2. The van der Waals surface area contributed by atoms with E-state index in [1.54, 1.807) is 0 Å². The summed E-state index contributed by atoms with van der Waals surface area (Å²) in [5.74, 6) is 0. The van der Waals surface area contributed by atoms with Gasteiger partial charge >= 0.3 is 0 Å². The van der Waals surface area contributed by atoms with Crippen LogP contribution in [0.3, 0.4) is 0 Å². The zero-order valence-electron chi connectivity index (χ0n) is 22.6. The van der Waals surface area contributed by atoms with Crippen LogP contribution in [-0.4, -0.2) is 19.9 Å². The molecule has 8 aromatic rings. The lowest BCUT2D eigenvalue weighted by atomic mass is 9.98. The molecule has 0 aliphatic heterocycles. The zero-order valence-corrected chi connectivity index (χ0v) is 22.6. The Morgan fingerprint density at radius 1 is 0.357 bits per heavy atom. The van der Waals surface area contributed by atoms with Gasteiger partial charge in [-0.1, -0.05) is 109 Å². The van der Waals surface area contributed by atoms with Crippen molar-refractivity contribution in [1.82, 2.24) is 19.9 Å². The van der Waals surface area contributed by atoms with Crippen molar-refractivity contribution in [2.75, 3.05) is 0 Å². The lowest BCUT2D eigenvalue weighted by Crippen LogP contribution is -1.96. The fourth-order valence-corrected chi connectivity index (χ4v) is 5.56. The van der Waals surface area contributed by atoms with Gasteiger partial charge in [0.25, 0.3) is 0 Å². The van der Waals surface area contributed by atoms with E-state index < -0.39 is 0 Å². The monoisotopic (exact) mass is 536 g/mol. The van der Waals surface area contributed by atoms with Gasteiger partial charge in [0.2, 0.25) is 0 Å². The molecule has 0 bridgehead atoms. The van der Waals surface area contributed by atoms with Gasteiger partial charge in [-0.2, -0.15) is 0 Å². The molecule has 4 heteroatoms. The van der Waals surface area contributed by atoms with Crippen LogP contribution in [0, 0.1) is 0 Å². The van der Waals surface area contributed by atoms with E-state index >= 15 is 0 Å². The van der Waals surface area contributed by atoms with Crippen LogP contribution in [0.25, 0.3) is 77.7 Å². The number of rotatable bonds is 4. The maximum absolute atomic E-state index is 5.14. The summed E-state index contributed by atoms with van der Waals surface area (Å²) in [6.07, 6.45) is 1.82. The van der Waals surface area contributed by atoms with Gasteiger partial charge < -0.3 is 0 Å². The molecule has 3 heterocycles. The van der Waals surface area contributed by atoms with E-state index in [-0.39, 0.29) is 0 Å². The normalized spacial score (nSPS) is 11.3. The van der Waals surface area contributed by atoms with Gasteiger partial charge in [0.15, 0.2) is 0 Å². The number of hydrogen-bond acceptors (Lipinski definition) is 4. The minimum absolute atomic E-state index is 0.843. The first-order chi connectivity index (χ1) is 20.8. The van der Waals surface area contributed by atoms with Crippen LogP contribution in [0.2, 0.25) is 0 Å². The second-order valence-corrected chi connectivity index (χ2v) is 10.3. The summed E-state index contributed by atoms with van der Waals surface area (Å²) in [6.45, 7) is 0. The highest BCUT2D eigenvalue weighted by atomic mass is 14.8. The van der Waals surface area contributed by atoms with E-state index in [4.69, 9.17) is 15.0 Å². The van der Waals surface area contributed by atoms with Crippen molar-refractivity contribution < 1.29 is 0 Å². The number of hydrogen-bond donors (Lipinski definition) is 0. The average molecular weight is 537 g/mol. The molecule has 4 nitrogen and oxygen atoms in total. The van der Waals surface area contributed by atoms with Crippen LogP contribution in [0.4, 0.5) is 0 Å². The molecule has 0 spiro atoms. The van der Waals surface area contributed by atoms with Crippen LogP contribution in [0.1, 0.15) is 0 Å². The molecular weight excluding hydrogens is 512 g/mol. The summed E-state index contributed by atoms with van der Waals surface area (Å²) >= 11 is 0. The lowest BCUT2D eigenvalue weighted by molar-refractivity contribution is 1.29. The second kappa shape index (κ2) is 10.0. The summed E-state index contributed by atoms with van der Waals surface area (Å²) < 4.78 is 0. The Hall–Kier alpha value is -5.74. The van der Waals surface area contributed by atoms with Crippen molar-refractivity contribution in [3.05, 3.63) is 146 Å². The third-order valence-electron chi connectivity index (χ3n) is 7.70. The zero-order chi connectivity index (χ0) is 27.9. The van der Waals surface area contributed by atoms with Gasteiger partial charge in [0, 0.05) is 33.7 Å². The Bertz CT molecular complexity index is 2240. The molecule has 0 fully saturated rings. The average Bonchev–Trinajstić information content (AvgIpc) is 3.08. The van der Waals surface area contributed by atoms with Crippen molar-refractivity contribution in [2.24, 2.45) is 0 Å². The molecule has 0 aliphatic carbocycles. The van der Waals surface area contributed by atoms with Gasteiger partial charge in [0.05, 0.1) is 39.1 Å². The van der Waals surface area contributed by atoms with E-state index in [0.717, 1.165) is 66.6 Å². The Kier molecular flexibility index (Phi) is 5.75. The third-order valence-corrected chi connectivity index (χ3v) is 7.70. The SMILES string of the molecule is c1ccc(-c2ccc(-c3nc4ccccc4nc3-c3cccc(-c4ccc5ccc6cccnc6c5n4)c3)cc2)cc1. The van der Waals surface area contributed by atoms with E-state index in [1.807, 2.05) is 42.6 Å². The second-order valence-electron chi connectivity index (χ2n) is 10.3. The molecular formula is C38H24N4. The Morgan fingerprint density at radius 3 is 1.74 bits per heavy atom. The first-order valence-corrected chi connectivity index (χ1v) is 14.0. The van der Waals surface area contributed by atoms with E-state index in [0.29, 0.717) is 0 Å². The molecule has 5 aromatic carbocycles. The van der Waals surface area contributed by atoms with Crippen molar-refractivity contribution in [2.45, 2.75) is 0 Å². The highest BCUT2D eigenvalue weighted by Gasteiger charge is 2.15. The summed E-state index contributed by atoms with van der Waals surface area (Å²) in [6, 6.07) is 47.9. The molecule has 0 N–H and O–H groups in total. The van der Waals surface area contributed by atoms with Crippen molar-refractivity contribution in [3.63, 3.8) is 0 Å². The quantitative estimate of drug-likeness (QED) is 0.210. The number of benzene rings is 5. The fraction of sp³-hybridized carbons (Fsp3) is 0. The molecule has 196 valence electrons. The topological polar surface area (TPSA) is 51.6 Å². The molecule has 0 aliphatic rings. The number of aromatic nitrogens is 4. The van der Waals surface area contributed by atoms with E-state index in [1.165, 1.54) is 11.1 Å². The van der Waals surface area contributed by atoms with Crippen LogP contribution in [0.15, 0.2) is 146 Å². The van der Waals surface area contributed by atoms with Crippen molar-refractivity contribution in [1.29, 1.82) is 0 Å². The predicted octanol–water partition coefficient (Wildman–Crippen LogP) is 9.39. The number of pyridine rings is 2. The Morgan fingerprint density at radius 2 is 0.952 bits per heavy atom. The minimum Gasteiger partial charge on any atom is -0.254 e. The van der Waals surface area contributed by atoms with Crippen LogP contribution < -0.4 is 0 Å². The maximum atomic E-state index is 5.14. The first kappa shape index (κ1) is 24.1. The molecule has 0 atom stereocenters. The van der Waals surface area contributed by atoms with E-state index in [9.17, 15) is 0 Å². The minimum atomic E-state index is 0.843. The number of fused-ring (bicyclic) bond motifs is 4. The Labute approximate surface area is 243 Å². The third kappa shape index (κ3) is 4.27. The summed E-state index contributed by atoms with van der Waals surface area (Å²) in [5, 5.41) is 2.15. The van der Waals surface area contributed by atoms with Gasteiger partial charge in [-0.25, -0.2) is 15.0 Å². The number of nitrogens with zero attached hydrogens (tertiary/aromatic N) is 4. The molecule has 0 saturated heterocycles. The first-order valence-electron chi connectivity index (χ1n) is 14.0. The predicted molar refractivity (Wildman–Crippen MR) is 172 cm³/mol. The fourth-order valence-electron chi connectivity index (χ4n) is 5.56. The standard InChI is InChI=1S/C38H24N4/c1-2-8-25(9-3-1)26-15-17-28(18-16-26)37-38(42-34-14-5-4-13-33(34)41-37)31-11-6-10-30(24-31)32-22-21-29-20-19-27-12-7-23-39-35(27)36(29)40-32/h1-24H. The maximum Gasteiger partial charge on any atom is 0.0973 e. The van der Waals surface area contributed by atoms with Crippen LogP contribution >= 0.6 is 0 Å². The van der Waals surface area contributed by atoms with Crippen LogP contribution in [-0.2, 0) is 0 Å². The molecule has 0 saturated carbocycles. The van der Waals surface area contributed by atoms with Gasteiger partial charge in [-0.3, -0.25) is 4.98 Å². The summed E-state index contributed by atoms with van der Waals surface area (Å²) in [5.41, 5.74) is 11.5. The van der Waals surface area contributed by atoms with Crippen molar-refractivity contribution >= 4 is 32.8 Å². The summed E-state index contributed by atoms with van der Waals surface area (Å²) in [4.78, 5) is 20.0. The molecule has 0 amide bonds. The highest BCUT2D eigenvalue weighted by molar-refractivity contribution is 6.03. The molecule has 42 heavy (non-hydrogen) atoms. The van der Waals surface area contributed by atoms with Gasteiger partial charge in [-0.05, 0) is 41.5 Å². The van der Waals surface area contributed by atoms with Crippen LogP contribution in [0.5, 0.6) is 0 Å². The molecule has 8 rings (SSSR count).